The highest BCUT2D eigenvalue weighted by Crippen LogP contribution is 2.22. The van der Waals surface area contributed by atoms with E-state index in [1.807, 2.05) is 7.05 Å². The Morgan fingerprint density at radius 1 is 1.24 bits per heavy atom. The van der Waals surface area contributed by atoms with Gasteiger partial charge in [-0.15, -0.1) is 0 Å². The SMILES string of the molecule is CN=C(NCCc1cc(C)cc(C)c1)NCC1CN2CCCC2CO1. The lowest BCUT2D eigenvalue weighted by Gasteiger charge is -2.35. The minimum Gasteiger partial charge on any atom is -0.373 e. The molecule has 1 aromatic rings. The lowest BCUT2D eigenvalue weighted by atomic mass is 10.1. The number of nitrogens with zero attached hydrogens (tertiary/aromatic N) is 2. The Morgan fingerprint density at radius 2 is 2.04 bits per heavy atom. The van der Waals surface area contributed by atoms with Crippen LogP contribution < -0.4 is 10.6 Å². The molecule has 25 heavy (non-hydrogen) atoms. The number of rotatable bonds is 5. The molecule has 0 amide bonds. The Morgan fingerprint density at radius 3 is 2.80 bits per heavy atom. The minimum absolute atomic E-state index is 0.257. The van der Waals surface area contributed by atoms with Gasteiger partial charge in [0.15, 0.2) is 5.96 Å². The average Bonchev–Trinajstić information content (AvgIpc) is 3.04. The molecule has 0 saturated carbocycles. The largest absolute Gasteiger partial charge is 0.373 e. The van der Waals surface area contributed by atoms with Crippen molar-refractivity contribution in [3.8, 4) is 0 Å². The Bertz CT molecular complexity index is 581. The second kappa shape index (κ2) is 8.68. The zero-order chi connectivity index (χ0) is 17.6. The number of aryl methyl sites for hydroxylation is 2. The third-order valence-corrected chi connectivity index (χ3v) is 5.17. The van der Waals surface area contributed by atoms with E-state index in [4.69, 9.17) is 4.74 Å². The molecule has 1 aromatic carbocycles. The number of fused-ring (bicyclic) bond motifs is 1. The van der Waals surface area contributed by atoms with Crippen LogP contribution in [-0.2, 0) is 11.2 Å². The Kier molecular flexibility index (Phi) is 6.32. The van der Waals surface area contributed by atoms with E-state index in [1.54, 1.807) is 0 Å². The number of morpholine rings is 1. The molecule has 5 nitrogen and oxygen atoms in total. The molecule has 2 unspecified atom stereocenters. The number of guanidine groups is 1. The Balaban J connectivity index is 1.39. The molecule has 5 heteroatoms. The summed E-state index contributed by atoms with van der Waals surface area (Å²) in [4.78, 5) is 6.91. The van der Waals surface area contributed by atoms with Crippen molar-refractivity contribution in [2.24, 2.45) is 4.99 Å². The first-order chi connectivity index (χ1) is 12.1. The maximum absolute atomic E-state index is 6.00. The number of aliphatic imine (C=N–C) groups is 1. The van der Waals surface area contributed by atoms with Crippen LogP contribution in [0.25, 0.3) is 0 Å². The van der Waals surface area contributed by atoms with Gasteiger partial charge in [-0.05, 0) is 45.2 Å². The topological polar surface area (TPSA) is 48.9 Å². The van der Waals surface area contributed by atoms with E-state index in [9.17, 15) is 0 Å². The highest BCUT2D eigenvalue weighted by molar-refractivity contribution is 5.79. The van der Waals surface area contributed by atoms with Crippen molar-refractivity contribution >= 4 is 5.96 Å². The monoisotopic (exact) mass is 344 g/mol. The van der Waals surface area contributed by atoms with Crippen LogP contribution in [0.1, 0.15) is 29.5 Å². The normalized spacial score (nSPS) is 24.2. The molecule has 3 rings (SSSR count). The van der Waals surface area contributed by atoms with Crippen molar-refractivity contribution in [2.45, 2.75) is 45.3 Å². The fourth-order valence-electron chi connectivity index (χ4n) is 3.98. The van der Waals surface area contributed by atoms with Gasteiger partial charge >= 0.3 is 0 Å². The fraction of sp³-hybridized carbons (Fsp3) is 0.650. The summed E-state index contributed by atoms with van der Waals surface area (Å²) in [5.74, 6) is 0.858. The van der Waals surface area contributed by atoms with Crippen LogP contribution in [0.3, 0.4) is 0 Å². The van der Waals surface area contributed by atoms with Gasteiger partial charge in [0.25, 0.3) is 0 Å². The summed E-state index contributed by atoms with van der Waals surface area (Å²) in [5.41, 5.74) is 4.02. The van der Waals surface area contributed by atoms with Gasteiger partial charge in [-0.3, -0.25) is 9.89 Å². The van der Waals surface area contributed by atoms with Crippen molar-refractivity contribution in [1.82, 2.24) is 15.5 Å². The summed E-state index contributed by atoms with van der Waals surface area (Å²) in [6.45, 7) is 9.14. The van der Waals surface area contributed by atoms with Gasteiger partial charge in [0.1, 0.15) is 0 Å². The van der Waals surface area contributed by atoms with Crippen LogP contribution in [0.15, 0.2) is 23.2 Å². The van der Waals surface area contributed by atoms with Gasteiger partial charge < -0.3 is 15.4 Å². The summed E-state index contributed by atoms with van der Waals surface area (Å²) in [6.07, 6.45) is 3.86. The zero-order valence-corrected chi connectivity index (χ0v) is 15.8. The molecule has 2 atom stereocenters. The molecule has 2 heterocycles. The summed E-state index contributed by atoms with van der Waals surface area (Å²) < 4.78 is 6.00. The van der Waals surface area contributed by atoms with Crippen LogP contribution in [0.5, 0.6) is 0 Å². The van der Waals surface area contributed by atoms with Gasteiger partial charge in [0.05, 0.1) is 12.7 Å². The predicted molar refractivity (Wildman–Crippen MR) is 103 cm³/mol. The summed E-state index contributed by atoms with van der Waals surface area (Å²) in [5, 5.41) is 6.83. The van der Waals surface area contributed by atoms with E-state index in [0.29, 0.717) is 6.04 Å². The Labute approximate surface area is 151 Å². The van der Waals surface area contributed by atoms with E-state index in [-0.39, 0.29) is 6.10 Å². The highest BCUT2D eigenvalue weighted by Gasteiger charge is 2.32. The third kappa shape index (κ3) is 5.19. The van der Waals surface area contributed by atoms with Crippen molar-refractivity contribution in [2.75, 3.05) is 39.8 Å². The molecule has 2 saturated heterocycles. The second-order valence-corrected chi connectivity index (χ2v) is 7.37. The molecule has 2 fully saturated rings. The van der Waals surface area contributed by atoms with Crippen molar-refractivity contribution in [3.63, 3.8) is 0 Å². The molecule has 2 aliphatic heterocycles. The van der Waals surface area contributed by atoms with E-state index < -0.39 is 0 Å². The quantitative estimate of drug-likeness (QED) is 0.632. The number of hydrogen-bond donors (Lipinski definition) is 2. The lowest BCUT2D eigenvalue weighted by molar-refractivity contribution is -0.0453. The average molecular weight is 345 g/mol. The van der Waals surface area contributed by atoms with E-state index in [1.165, 1.54) is 36.1 Å². The standard InChI is InChI=1S/C20H32N4O/c1-15-9-16(2)11-17(10-15)6-7-22-20(21-3)23-12-19-13-24-8-4-5-18(24)14-25-19/h9-11,18-19H,4-8,12-14H2,1-3H3,(H2,21,22,23). The molecular weight excluding hydrogens is 312 g/mol. The maximum atomic E-state index is 6.00. The predicted octanol–water partition coefficient (Wildman–Crippen LogP) is 1.87. The first-order valence-electron chi connectivity index (χ1n) is 9.51. The molecule has 138 valence electrons. The van der Waals surface area contributed by atoms with Gasteiger partial charge in [-0.2, -0.15) is 0 Å². The summed E-state index contributed by atoms with van der Waals surface area (Å²) >= 11 is 0. The summed E-state index contributed by atoms with van der Waals surface area (Å²) in [6, 6.07) is 7.39. The lowest BCUT2D eigenvalue weighted by Crippen LogP contribution is -2.51. The Hall–Kier alpha value is -1.59. The summed E-state index contributed by atoms with van der Waals surface area (Å²) in [7, 11) is 1.82. The fourth-order valence-corrected chi connectivity index (χ4v) is 3.98. The first kappa shape index (κ1) is 18.2. The van der Waals surface area contributed by atoms with Crippen molar-refractivity contribution in [3.05, 3.63) is 34.9 Å². The molecule has 2 N–H and O–H groups in total. The molecule has 0 radical (unpaired) electrons. The highest BCUT2D eigenvalue weighted by atomic mass is 16.5. The number of ether oxygens (including phenoxy) is 1. The van der Waals surface area contributed by atoms with Crippen LogP contribution in [0, 0.1) is 13.8 Å². The number of hydrogen-bond acceptors (Lipinski definition) is 3. The molecule has 0 spiro atoms. The van der Waals surface area contributed by atoms with Gasteiger partial charge in [-0.25, -0.2) is 0 Å². The van der Waals surface area contributed by atoms with E-state index >= 15 is 0 Å². The number of nitrogens with one attached hydrogen (secondary N) is 2. The molecule has 0 bridgehead atoms. The van der Waals surface area contributed by atoms with Crippen LogP contribution >= 0.6 is 0 Å². The molecule has 0 aromatic heterocycles. The van der Waals surface area contributed by atoms with Crippen molar-refractivity contribution < 1.29 is 4.74 Å². The first-order valence-corrected chi connectivity index (χ1v) is 9.51. The molecular formula is C20H32N4O. The van der Waals surface area contributed by atoms with E-state index in [0.717, 1.165) is 38.6 Å². The van der Waals surface area contributed by atoms with Crippen LogP contribution in [-0.4, -0.2) is 62.8 Å². The van der Waals surface area contributed by atoms with Crippen LogP contribution in [0.4, 0.5) is 0 Å². The minimum atomic E-state index is 0.257. The molecule has 2 aliphatic rings. The molecule has 0 aliphatic carbocycles. The van der Waals surface area contributed by atoms with Gasteiger partial charge in [-0.1, -0.05) is 29.3 Å². The van der Waals surface area contributed by atoms with Crippen LogP contribution in [0.2, 0.25) is 0 Å². The van der Waals surface area contributed by atoms with Gasteiger partial charge in [0, 0.05) is 32.7 Å². The zero-order valence-electron chi connectivity index (χ0n) is 15.8. The number of benzene rings is 1. The van der Waals surface area contributed by atoms with E-state index in [2.05, 4.69) is 52.6 Å². The smallest absolute Gasteiger partial charge is 0.191 e. The van der Waals surface area contributed by atoms with Gasteiger partial charge in [0.2, 0.25) is 0 Å². The maximum Gasteiger partial charge on any atom is 0.191 e. The second-order valence-electron chi connectivity index (χ2n) is 7.37. The van der Waals surface area contributed by atoms with Crippen molar-refractivity contribution in [1.29, 1.82) is 0 Å². The third-order valence-electron chi connectivity index (χ3n) is 5.17.